The third-order valence-corrected chi connectivity index (χ3v) is 2.29. The second kappa shape index (κ2) is 11.3. The van der Waals surface area contributed by atoms with E-state index in [4.69, 9.17) is 4.74 Å². The zero-order chi connectivity index (χ0) is 14.5. The highest BCUT2D eigenvalue weighted by atomic mass is 16.5. The molecule has 6 nitrogen and oxygen atoms in total. The molecule has 0 spiro atoms. The van der Waals surface area contributed by atoms with E-state index in [1.165, 1.54) is 0 Å². The fourth-order valence-corrected chi connectivity index (χ4v) is 1.32. The molecule has 0 heterocycles. The lowest BCUT2D eigenvalue weighted by Crippen LogP contribution is -2.37. The molecule has 0 fully saturated rings. The molecule has 0 aromatic rings. The Morgan fingerprint density at radius 3 is 2.42 bits per heavy atom. The molecular formula is C13H22N2O4. The lowest BCUT2D eigenvalue weighted by molar-refractivity contribution is -0.137. The molecule has 19 heavy (non-hydrogen) atoms. The van der Waals surface area contributed by atoms with Crippen LogP contribution in [0, 0.1) is 0 Å². The van der Waals surface area contributed by atoms with Crippen LogP contribution in [-0.4, -0.2) is 37.5 Å². The third-order valence-electron chi connectivity index (χ3n) is 2.29. The van der Waals surface area contributed by atoms with Crippen LogP contribution < -0.4 is 10.6 Å². The highest BCUT2D eigenvalue weighted by Crippen LogP contribution is 1.99. The van der Waals surface area contributed by atoms with Crippen molar-refractivity contribution >= 4 is 17.8 Å². The van der Waals surface area contributed by atoms with E-state index in [0.717, 1.165) is 25.3 Å². The number of nitrogens with one attached hydrogen (secondary N) is 2. The Kier molecular flexibility index (Phi) is 10.2. The number of unbranched alkanes of at least 4 members (excludes halogenated alkanes) is 2. The van der Waals surface area contributed by atoms with Gasteiger partial charge in [0.05, 0.1) is 6.54 Å². The van der Waals surface area contributed by atoms with Gasteiger partial charge in [-0.25, -0.2) is 9.59 Å². The molecule has 108 valence electrons. The van der Waals surface area contributed by atoms with Crippen LogP contribution in [0.25, 0.3) is 0 Å². The second-order valence-corrected chi connectivity index (χ2v) is 4.07. The first-order chi connectivity index (χ1) is 9.06. The topological polar surface area (TPSA) is 84.5 Å². The van der Waals surface area contributed by atoms with E-state index < -0.39 is 5.97 Å². The molecule has 0 atom stereocenters. The minimum absolute atomic E-state index is 0.122. The lowest BCUT2D eigenvalue weighted by Gasteiger charge is -2.07. The summed E-state index contributed by atoms with van der Waals surface area (Å²) in [4.78, 5) is 32.6. The van der Waals surface area contributed by atoms with Crippen molar-refractivity contribution < 1.29 is 19.1 Å². The van der Waals surface area contributed by atoms with Crippen LogP contribution in [0.15, 0.2) is 12.7 Å². The second-order valence-electron chi connectivity index (χ2n) is 4.07. The average molecular weight is 270 g/mol. The molecule has 0 aliphatic carbocycles. The summed E-state index contributed by atoms with van der Waals surface area (Å²) >= 11 is 0. The molecule has 0 aliphatic rings. The number of urea groups is 1. The summed E-state index contributed by atoms with van der Waals surface area (Å²) in [6, 6.07) is -0.291. The summed E-state index contributed by atoms with van der Waals surface area (Å²) in [5.74, 6) is -0.313. The standard InChI is InChI=1S/C13H22N2O4/c1-3-12(17)19-10-9-15-13(18)14-8-6-4-5-7-11(2)16/h3H,1,4-10H2,2H3,(H2,14,15,18). The zero-order valence-electron chi connectivity index (χ0n) is 11.4. The first-order valence-electron chi connectivity index (χ1n) is 6.36. The monoisotopic (exact) mass is 270 g/mol. The van der Waals surface area contributed by atoms with Crippen LogP contribution in [0.3, 0.4) is 0 Å². The molecular weight excluding hydrogens is 248 g/mol. The van der Waals surface area contributed by atoms with Crippen molar-refractivity contribution in [3.8, 4) is 0 Å². The molecule has 0 aromatic heterocycles. The van der Waals surface area contributed by atoms with Gasteiger partial charge < -0.3 is 20.2 Å². The summed E-state index contributed by atoms with van der Waals surface area (Å²) < 4.78 is 4.69. The quantitative estimate of drug-likeness (QED) is 0.354. The molecule has 0 bridgehead atoms. The van der Waals surface area contributed by atoms with Gasteiger partial charge in [0, 0.05) is 19.0 Å². The largest absolute Gasteiger partial charge is 0.461 e. The molecule has 0 aromatic carbocycles. The Balaban J connectivity index is 3.32. The van der Waals surface area contributed by atoms with E-state index in [1.807, 2.05) is 0 Å². The van der Waals surface area contributed by atoms with Gasteiger partial charge in [0.1, 0.15) is 12.4 Å². The number of hydrogen-bond acceptors (Lipinski definition) is 4. The number of amides is 2. The van der Waals surface area contributed by atoms with Gasteiger partial charge in [-0.1, -0.05) is 13.0 Å². The van der Waals surface area contributed by atoms with Gasteiger partial charge in [0.25, 0.3) is 0 Å². The molecule has 0 saturated carbocycles. The van der Waals surface area contributed by atoms with Crippen molar-refractivity contribution in [2.75, 3.05) is 19.7 Å². The number of rotatable bonds is 10. The summed E-state index contributed by atoms with van der Waals surface area (Å²) in [7, 11) is 0. The van der Waals surface area contributed by atoms with Gasteiger partial charge in [-0.2, -0.15) is 0 Å². The Labute approximate surface area is 113 Å². The predicted molar refractivity (Wildman–Crippen MR) is 71.7 cm³/mol. The molecule has 0 rings (SSSR count). The van der Waals surface area contributed by atoms with Crippen LogP contribution in [0.2, 0.25) is 0 Å². The lowest BCUT2D eigenvalue weighted by atomic mass is 10.1. The number of hydrogen-bond donors (Lipinski definition) is 2. The SMILES string of the molecule is C=CC(=O)OCCNC(=O)NCCCCCC(C)=O. The summed E-state index contributed by atoms with van der Waals surface area (Å²) in [5.41, 5.74) is 0. The van der Waals surface area contributed by atoms with Crippen molar-refractivity contribution in [2.45, 2.75) is 32.6 Å². The zero-order valence-corrected chi connectivity index (χ0v) is 11.4. The maximum absolute atomic E-state index is 11.3. The summed E-state index contributed by atoms with van der Waals surface area (Å²) in [5, 5.41) is 5.23. The van der Waals surface area contributed by atoms with E-state index in [2.05, 4.69) is 17.2 Å². The minimum Gasteiger partial charge on any atom is -0.461 e. The van der Waals surface area contributed by atoms with Gasteiger partial charge in [-0.05, 0) is 19.8 Å². The number of carbonyl (C=O) groups is 3. The predicted octanol–water partition coefficient (Wildman–Crippen LogP) is 1.16. The van der Waals surface area contributed by atoms with E-state index in [0.29, 0.717) is 13.0 Å². The Morgan fingerprint density at radius 1 is 1.11 bits per heavy atom. The Hall–Kier alpha value is -1.85. The minimum atomic E-state index is -0.507. The van der Waals surface area contributed by atoms with Crippen molar-refractivity contribution in [2.24, 2.45) is 0 Å². The van der Waals surface area contributed by atoms with Crippen LogP contribution in [0.4, 0.5) is 4.79 Å². The fourth-order valence-electron chi connectivity index (χ4n) is 1.32. The molecule has 0 radical (unpaired) electrons. The van der Waals surface area contributed by atoms with Crippen LogP contribution >= 0.6 is 0 Å². The maximum Gasteiger partial charge on any atom is 0.330 e. The molecule has 0 saturated heterocycles. The number of Topliss-reactive ketones (excluding diaryl/α,β-unsaturated/α-hetero) is 1. The normalized spacial score (nSPS) is 9.53. The summed E-state index contributed by atoms with van der Waals surface area (Å²) in [6.07, 6.45) is 4.28. The van der Waals surface area contributed by atoms with E-state index in [-0.39, 0.29) is 25.0 Å². The highest BCUT2D eigenvalue weighted by molar-refractivity contribution is 5.81. The van der Waals surface area contributed by atoms with Crippen LogP contribution in [0.5, 0.6) is 0 Å². The van der Waals surface area contributed by atoms with Gasteiger partial charge in [0.15, 0.2) is 0 Å². The number of carbonyl (C=O) groups excluding carboxylic acids is 3. The van der Waals surface area contributed by atoms with Crippen LogP contribution in [-0.2, 0) is 14.3 Å². The number of esters is 1. The van der Waals surface area contributed by atoms with Crippen molar-refractivity contribution in [1.29, 1.82) is 0 Å². The fraction of sp³-hybridized carbons (Fsp3) is 0.615. The van der Waals surface area contributed by atoms with Gasteiger partial charge >= 0.3 is 12.0 Å². The van der Waals surface area contributed by atoms with Crippen LogP contribution in [0.1, 0.15) is 32.6 Å². The van der Waals surface area contributed by atoms with Crippen molar-refractivity contribution in [1.82, 2.24) is 10.6 Å². The van der Waals surface area contributed by atoms with Crippen molar-refractivity contribution in [3.63, 3.8) is 0 Å². The molecule has 6 heteroatoms. The molecule has 0 unspecified atom stereocenters. The van der Waals surface area contributed by atoms with Gasteiger partial charge in [0.2, 0.25) is 0 Å². The van der Waals surface area contributed by atoms with Gasteiger partial charge in [-0.15, -0.1) is 0 Å². The molecule has 2 N–H and O–H groups in total. The maximum atomic E-state index is 11.3. The smallest absolute Gasteiger partial charge is 0.330 e. The van der Waals surface area contributed by atoms with E-state index in [9.17, 15) is 14.4 Å². The molecule has 2 amide bonds. The first-order valence-corrected chi connectivity index (χ1v) is 6.36. The van der Waals surface area contributed by atoms with Crippen molar-refractivity contribution in [3.05, 3.63) is 12.7 Å². The van der Waals surface area contributed by atoms with E-state index >= 15 is 0 Å². The summed E-state index contributed by atoms with van der Waals surface area (Å²) in [6.45, 7) is 5.78. The Bertz CT molecular complexity index is 316. The highest BCUT2D eigenvalue weighted by Gasteiger charge is 2.00. The third kappa shape index (κ3) is 12.4. The number of ketones is 1. The van der Waals surface area contributed by atoms with Gasteiger partial charge in [-0.3, -0.25) is 0 Å². The number of ether oxygens (including phenoxy) is 1. The van der Waals surface area contributed by atoms with E-state index in [1.54, 1.807) is 6.92 Å². The Morgan fingerprint density at radius 2 is 1.79 bits per heavy atom. The first kappa shape index (κ1) is 17.2. The average Bonchev–Trinajstić information content (AvgIpc) is 2.38. The molecule has 0 aliphatic heterocycles.